The van der Waals surface area contributed by atoms with Crippen LogP contribution < -0.4 is 20.1 Å². The molecule has 166 valence electrons. The van der Waals surface area contributed by atoms with E-state index in [0.717, 1.165) is 63.0 Å². The summed E-state index contributed by atoms with van der Waals surface area (Å²) in [5, 5.41) is 6.91. The topological polar surface area (TPSA) is 64.1 Å². The Bertz CT molecular complexity index is 625. The van der Waals surface area contributed by atoms with E-state index in [4.69, 9.17) is 14.2 Å². The third kappa shape index (κ3) is 8.41. The average Bonchev–Trinajstić information content (AvgIpc) is 2.73. The third-order valence-electron chi connectivity index (χ3n) is 4.95. The molecule has 1 heterocycles. The van der Waals surface area contributed by atoms with Crippen LogP contribution in [0.5, 0.6) is 11.5 Å². The van der Waals surface area contributed by atoms with Crippen LogP contribution in [-0.4, -0.2) is 63.5 Å². The van der Waals surface area contributed by atoms with E-state index < -0.39 is 0 Å². The number of ether oxygens (including phenoxy) is 3. The molecule has 1 aliphatic heterocycles. The van der Waals surface area contributed by atoms with Gasteiger partial charge in [-0.1, -0.05) is 6.07 Å². The molecule has 0 unspecified atom stereocenters. The maximum Gasteiger partial charge on any atom is 0.191 e. The number of rotatable bonds is 10. The molecule has 1 aromatic rings. The zero-order valence-corrected chi connectivity index (χ0v) is 21.2. The highest BCUT2D eigenvalue weighted by atomic mass is 127. The Balaban J connectivity index is 0.00000420. The Morgan fingerprint density at radius 1 is 1.14 bits per heavy atom. The second-order valence-corrected chi connectivity index (χ2v) is 8.02. The summed E-state index contributed by atoms with van der Waals surface area (Å²) in [4.78, 5) is 4.36. The molecule has 2 N–H and O–H groups in total. The monoisotopic (exact) mass is 537 g/mol. The molecule has 1 saturated heterocycles. The minimum atomic E-state index is 0. The van der Waals surface area contributed by atoms with Crippen LogP contribution in [0.4, 0.5) is 0 Å². The summed E-state index contributed by atoms with van der Waals surface area (Å²) in [6.45, 7) is 8.60. The van der Waals surface area contributed by atoms with Gasteiger partial charge in [-0.2, -0.15) is 11.8 Å². The van der Waals surface area contributed by atoms with E-state index in [1.807, 2.05) is 38.7 Å². The van der Waals surface area contributed by atoms with E-state index in [-0.39, 0.29) is 28.7 Å². The second-order valence-electron chi connectivity index (χ2n) is 6.75. The van der Waals surface area contributed by atoms with Crippen molar-refractivity contribution < 1.29 is 14.2 Å². The molecular formula is C21H36IN3O3S. The first-order valence-corrected chi connectivity index (χ1v) is 11.3. The first kappa shape index (κ1) is 26.2. The van der Waals surface area contributed by atoms with Gasteiger partial charge in [0.15, 0.2) is 17.5 Å². The molecule has 0 atom stereocenters. The van der Waals surface area contributed by atoms with E-state index in [0.29, 0.717) is 13.2 Å². The number of thioether (sulfide) groups is 1. The summed E-state index contributed by atoms with van der Waals surface area (Å²) in [6.07, 6.45) is 5.22. The molecule has 0 bridgehead atoms. The van der Waals surface area contributed by atoms with Crippen LogP contribution in [-0.2, 0) is 11.2 Å². The Morgan fingerprint density at radius 2 is 1.83 bits per heavy atom. The van der Waals surface area contributed by atoms with Crippen LogP contribution in [0.25, 0.3) is 0 Å². The number of halogens is 1. The van der Waals surface area contributed by atoms with E-state index in [1.165, 1.54) is 5.56 Å². The fraction of sp³-hybridized carbons (Fsp3) is 0.667. The summed E-state index contributed by atoms with van der Waals surface area (Å²) in [7, 11) is 1.81. The molecule has 0 aliphatic carbocycles. The first-order chi connectivity index (χ1) is 13.7. The predicted molar refractivity (Wildman–Crippen MR) is 134 cm³/mol. The fourth-order valence-corrected chi connectivity index (χ4v) is 4.03. The highest BCUT2D eigenvalue weighted by Gasteiger charge is 2.31. The Kier molecular flexibility index (Phi) is 12.8. The SMILES string of the molecule is CCOc1ccc(CCNC(=NC)NCC2(SC)CCOCC2)cc1OCC.I. The van der Waals surface area contributed by atoms with E-state index in [2.05, 4.69) is 34.0 Å². The molecular weight excluding hydrogens is 501 g/mol. The molecule has 2 rings (SSSR count). The van der Waals surface area contributed by atoms with Crippen molar-refractivity contribution >= 4 is 41.7 Å². The minimum Gasteiger partial charge on any atom is -0.490 e. The van der Waals surface area contributed by atoms with Crippen LogP contribution >= 0.6 is 35.7 Å². The fourth-order valence-electron chi connectivity index (χ4n) is 3.24. The molecule has 1 fully saturated rings. The molecule has 1 aromatic carbocycles. The third-order valence-corrected chi connectivity index (χ3v) is 6.37. The molecule has 8 heteroatoms. The lowest BCUT2D eigenvalue weighted by molar-refractivity contribution is 0.0783. The van der Waals surface area contributed by atoms with Crippen LogP contribution in [0.15, 0.2) is 23.2 Å². The maximum absolute atomic E-state index is 5.71. The standard InChI is InChI=1S/C21H35N3O3S.HI/c1-5-26-18-8-7-17(15-19(18)27-6-2)9-12-23-20(22-3)24-16-21(28-4)10-13-25-14-11-21;/h7-8,15H,5-6,9-14,16H2,1-4H3,(H2,22,23,24);1H. The molecule has 6 nitrogen and oxygen atoms in total. The molecule has 0 spiro atoms. The van der Waals surface area contributed by atoms with Gasteiger partial charge in [-0.3, -0.25) is 4.99 Å². The number of aliphatic imine (C=N–C) groups is 1. The predicted octanol–water partition coefficient (Wildman–Crippen LogP) is 3.72. The van der Waals surface area contributed by atoms with E-state index >= 15 is 0 Å². The van der Waals surface area contributed by atoms with Gasteiger partial charge in [0.25, 0.3) is 0 Å². The average molecular weight is 538 g/mol. The smallest absolute Gasteiger partial charge is 0.191 e. The van der Waals surface area contributed by atoms with Gasteiger partial charge in [-0.25, -0.2) is 0 Å². The van der Waals surface area contributed by atoms with Gasteiger partial charge in [-0.05, 0) is 57.1 Å². The van der Waals surface area contributed by atoms with E-state index in [9.17, 15) is 0 Å². The van der Waals surface area contributed by atoms with E-state index in [1.54, 1.807) is 0 Å². The number of hydrogen-bond donors (Lipinski definition) is 2. The summed E-state index contributed by atoms with van der Waals surface area (Å²) >= 11 is 1.93. The summed E-state index contributed by atoms with van der Waals surface area (Å²) in [6, 6.07) is 6.15. The van der Waals surface area contributed by atoms with Crippen molar-refractivity contribution in [1.82, 2.24) is 10.6 Å². The zero-order chi connectivity index (χ0) is 20.2. The lowest BCUT2D eigenvalue weighted by atomic mass is 9.99. The van der Waals surface area contributed by atoms with Gasteiger partial charge in [0, 0.05) is 38.1 Å². The first-order valence-electron chi connectivity index (χ1n) is 10.1. The Labute approximate surface area is 197 Å². The van der Waals surface area contributed by atoms with Gasteiger partial charge in [0.2, 0.25) is 0 Å². The van der Waals surface area contributed by atoms with Gasteiger partial charge < -0.3 is 24.8 Å². The highest BCUT2D eigenvalue weighted by molar-refractivity contribution is 14.0. The minimum absolute atomic E-state index is 0. The summed E-state index contributed by atoms with van der Waals surface area (Å²) in [5.74, 6) is 2.46. The Morgan fingerprint density at radius 3 is 2.45 bits per heavy atom. The summed E-state index contributed by atoms with van der Waals surface area (Å²) in [5.41, 5.74) is 1.21. The largest absolute Gasteiger partial charge is 0.490 e. The normalized spacial score (nSPS) is 15.9. The second kappa shape index (κ2) is 14.2. The van der Waals surface area contributed by atoms with Gasteiger partial charge in [-0.15, -0.1) is 24.0 Å². The maximum atomic E-state index is 5.71. The van der Waals surface area contributed by atoms with Gasteiger partial charge >= 0.3 is 0 Å². The van der Waals surface area contributed by atoms with Crippen molar-refractivity contribution in [1.29, 1.82) is 0 Å². The van der Waals surface area contributed by atoms with Crippen molar-refractivity contribution in [3.05, 3.63) is 23.8 Å². The van der Waals surface area contributed by atoms with Crippen LogP contribution in [0.2, 0.25) is 0 Å². The molecule has 0 aromatic heterocycles. The van der Waals surface area contributed by atoms with Crippen molar-refractivity contribution in [2.75, 3.05) is 52.8 Å². The number of nitrogens with zero attached hydrogens (tertiary/aromatic N) is 1. The highest BCUT2D eigenvalue weighted by Crippen LogP contribution is 2.33. The Hall–Kier alpha value is -0.870. The van der Waals surface area contributed by atoms with Crippen LogP contribution in [0.1, 0.15) is 32.3 Å². The lowest BCUT2D eigenvalue weighted by Gasteiger charge is -2.36. The molecule has 29 heavy (non-hydrogen) atoms. The van der Waals surface area contributed by atoms with Crippen molar-refractivity contribution in [2.24, 2.45) is 4.99 Å². The van der Waals surface area contributed by atoms with Crippen LogP contribution in [0.3, 0.4) is 0 Å². The van der Waals surface area contributed by atoms with Crippen LogP contribution in [0, 0.1) is 0 Å². The van der Waals surface area contributed by atoms with Gasteiger partial charge in [0.1, 0.15) is 0 Å². The number of benzene rings is 1. The lowest BCUT2D eigenvalue weighted by Crippen LogP contribution is -2.48. The van der Waals surface area contributed by atoms with Crippen molar-refractivity contribution in [2.45, 2.75) is 37.9 Å². The number of hydrogen-bond acceptors (Lipinski definition) is 5. The van der Waals surface area contributed by atoms with Crippen molar-refractivity contribution in [3.63, 3.8) is 0 Å². The summed E-state index contributed by atoms with van der Waals surface area (Å²) < 4.78 is 17.1. The number of nitrogens with one attached hydrogen (secondary N) is 2. The number of guanidine groups is 1. The molecule has 1 aliphatic rings. The van der Waals surface area contributed by atoms with Crippen molar-refractivity contribution in [3.8, 4) is 11.5 Å². The quantitative estimate of drug-likeness (QED) is 0.270. The molecule has 0 radical (unpaired) electrons. The van der Waals surface area contributed by atoms with Gasteiger partial charge in [0.05, 0.1) is 13.2 Å². The zero-order valence-electron chi connectivity index (χ0n) is 18.1. The molecule has 0 saturated carbocycles. The molecule has 0 amide bonds.